The second-order valence-corrected chi connectivity index (χ2v) is 3.52. The molecule has 0 saturated carbocycles. The fourth-order valence-corrected chi connectivity index (χ4v) is 1.61. The van der Waals surface area contributed by atoms with Crippen LogP contribution < -0.4 is 0 Å². The largest absolute Gasteiger partial charge is 0.0952 e. The molecule has 0 heteroatoms. The van der Waals surface area contributed by atoms with Crippen molar-refractivity contribution in [3.63, 3.8) is 0 Å². The van der Waals surface area contributed by atoms with Crippen molar-refractivity contribution in [3.05, 3.63) is 54.6 Å². The van der Waals surface area contributed by atoms with Gasteiger partial charge in [0.25, 0.3) is 0 Å². The highest BCUT2D eigenvalue weighted by Gasteiger charge is 1.97. The lowest BCUT2D eigenvalue weighted by Gasteiger charge is -2.04. The summed E-state index contributed by atoms with van der Waals surface area (Å²) < 4.78 is 0. The highest BCUT2D eigenvalue weighted by molar-refractivity contribution is 5.85. The molecule has 0 heterocycles. The van der Waals surface area contributed by atoms with E-state index in [1.807, 2.05) is 0 Å². The van der Waals surface area contributed by atoms with Crippen LogP contribution in [0.5, 0.6) is 0 Å². The van der Waals surface area contributed by atoms with E-state index >= 15 is 0 Å². The van der Waals surface area contributed by atoms with Gasteiger partial charge in [0.2, 0.25) is 0 Å². The van der Waals surface area contributed by atoms with Crippen LogP contribution in [0.25, 0.3) is 16.3 Å². The minimum absolute atomic E-state index is 1.01. The van der Waals surface area contributed by atoms with E-state index in [-0.39, 0.29) is 0 Å². The van der Waals surface area contributed by atoms with Gasteiger partial charge in [-0.25, -0.2) is 0 Å². The van der Waals surface area contributed by atoms with Gasteiger partial charge in [-0.15, -0.1) is 0 Å². The molecule has 0 aliphatic rings. The van der Waals surface area contributed by atoms with Crippen molar-refractivity contribution in [2.75, 3.05) is 0 Å². The number of rotatable bonds is 2. The van der Waals surface area contributed by atoms with Crippen molar-refractivity contribution in [3.8, 4) is 0 Å². The predicted octanol–water partition coefficient (Wildman–Crippen LogP) is 4.26. The van der Waals surface area contributed by atoms with E-state index in [2.05, 4.69) is 56.0 Å². The molecule has 2 aromatic rings. The van der Waals surface area contributed by atoms with Gasteiger partial charge in [-0.05, 0) is 34.4 Å². The molecule has 0 atom stereocenters. The second kappa shape index (κ2) is 3.67. The average Bonchev–Trinajstić information content (AvgIpc) is 2.27. The molecule has 0 bridgehead atoms. The predicted molar refractivity (Wildman–Crippen MR) is 63.3 cm³/mol. The maximum Gasteiger partial charge on any atom is -0.0178 e. The van der Waals surface area contributed by atoms with Gasteiger partial charge in [0.05, 0.1) is 0 Å². The first-order valence-electron chi connectivity index (χ1n) is 4.98. The molecule has 0 amide bonds. The Balaban J connectivity index is 2.56. The summed E-state index contributed by atoms with van der Waals surface area (Å²) >= 11 is 0. The van der Waals surface area contributed by atoms with Crippen molar-refractivity contribution < 1.29 is 0 Å². The molecule has 0 spiro atoms. The van der Waals surface area contributed by atoms with Crippen LogP contribution in [0.2, 0.25) is 0 Å². The topological polar surface area (TPSA) is 0 Å². The molecule has 2 aromatic carbocycles. The summed E-state index contributed by atoms with van der Waals surface area (Å²) in [6.45, 7) is 6.19. The molecule has 0 saturated heterocycles. The van der Waals surface area contributed by atoms with Gasteiger partial charge >= 0.3 is 0 Å². The lowest BCUT2D eigenvalue weighted by Crippen LogP contribution is -1.81. The highest BCUT2D eigenvalue weighted by atomic mass is 14.0. The molecule has 0 aliphatic carbocycles. The van der Waals surface area contributed by atoms with Crippen molar-refractivity contribution in [1.82, 2.24) is 0 Å². The van der Waals surface area contributed by atoms with Gasteiger partial charge in [-0.1, -0.05) is 49.9 Å². The zero-order valence-corrected chi connectivity index (χ0v) is 8.46. The molecule has 0 fully saturated rings. The summed E-state index contributed by atoms with van der Waals surface area (Å²) in [6.07, 6.45) is 1.01. The van der Waals surface area contributed by atoms with E-state index in [1.54, 1.807) is 0 Å². The molecule has 0 N–H and O–H groups in total. The first-order valence-corrected chi connectivity index (χ1v) is 4.98. The van der Waals surface area contributed by atoms with Gasteiger partial charge < -0.3 is 0 Å². The Labute approximate surface area is 84.9 Å². The highest BCUT2D eigenvalue weighted by Crippen LogP contribution is 2.21. The molecule has 2 rings (SSSR count). The maximum atomic E-state index is 4.05. The molecule has 14 heavy (non-hydrogen) atoms. The zero-order valence-electron chi connectivity index (χ0n) is 8.46. The Bertz CT molecular complexity index is 466. The Morgan fingerprint density at radius 1 is 1.07 bits per heavy atom. The van der Waals surface area contributed by atoms with Gasteiger partial charge in [0, 0.05) is 0 Å². The molecule has 0 nitrogen and oxygen atoms in total. The summed E-state index contributed by atoms with van der Waals surface area (Å²) in [5, 5.41) is 2.58. The minimum atomic E-state index is 1.01. The number of hydrogen-bond acceptors (Lipinski definition) is 0. The molecule has 0 radical (unpaired) electrons. The van der Waals surface area contributed by atoms with E-state index in [9.17, 15) is 0 Å². The Morgan fingerprint density at radius 2 is 1.79 bits per heavy atom. The SMILES string of the molecule is C=C(CC)c1ccc2ccccc2c1. The van der Waals surface area contributed by atoms with Crippen LogP contribution in [-0.4, -0.2) is 0 Å². The van der Waals surface area contributed by atoms with E-state index in [0.29, 0.717) is 0 Å². The number of hydrogen-bond donors (Lipinski definition) is 0. The lowest BCUT2D eigenvalue weighted by molar-refractivity contribution is 1.25. The second-order valence-electron chi connectivity index (χ2n) is 3.52. The Hall–Kier alpha value is -1.56. The lowest BCUT2D eigenvalue weighted by atomic mass is 10.0. The zero-order chi connectivity index (χ0) is 9.97. The quantitative estimate of drug-likeness (QED) is 0.651. The van der Waals surface area contributed by atoms with E-state index in [1.165, 1.54) is 21.9 Å². The van der Waals surface area contributed by atoms with Crippen molar-refractivity contribution in [2.24, 2.45) is 0 Å². The third kappa shape index (κ3) is 1.56. The van der Waals surface area contributed by atoms with E-state index in [4.69, 9.17) is 0 Å². The van der Waals surface area contributed by atoms with Gasteiger partial charge in [0.1, 0.15) is 0 Å². The minimum Gasteiger partial charge on any atom is -0.0952 e. The smallest absolute Gasteiger partial charge is 0.0178 e. The first-order chi connectivity index (χ1) is 6.81. The molecule has 0 aromatic heterocycles. The summed E-state index contributed by atoms with van der Waals surface area (Å²) in [5.41, 5.74) is 2.46. The monoisotopic (exact) mass is 182 g/mol. The summed E-state index contributed by atoms with van der Waals surface area (Å²) in [5.74, 6) is 0. The number of allylic oxidation sites excluding steroid dienone is 1. The molecule has 70 valence electrons. The first kappa shape index (κ1) is 9.01. The number of benzene rings is 2. The molecular weight excluding hydrogens is 168 g/mol. The van der Waals surface area contributed by atoms with Crippen molar-refractivity contribution >= 4 is 16.3 Å². The Morgan fingerprint density at radius 3 is 2.50 bits per heavy atom. The van der Waals surface area contributed by atoms with Gasteiger partial charge in [-0.3, -0.25) is 0 Å². The van der Waals surface area contributed by atoms with Crippen LogP contribution >= 0.6 is 0 Å². The van der Waals surface area contributed by atoms with Crippen molar-refractivity contribution in [1.29, 1.82) is 0 Å². The van der Waals surface area contributed by atoms with Crippen LogP contribution in [0, 0.1) is 0 Å². The van der Waals surface area contributed by atoms with Crippen LogP contribution in [-0.2, 0) is 0 Å². The summed E-state index contributed by atoms with van der Waals surface area (Å²) in [6, 6.07) is 14.9. The van der Waals surface area contributed by atoms with Crippen LogP contribution in [0.4, 0.5) is 0 Å². The summed E-state index contributed by atoms with van der Waals surface area (Å²) in [4.78, 5) is 0. The molecule has 0 unspecified atom stereocenters. The Kier molecular flexibility index (Phi) is 2.36. The van der Waals surface area contributed by atoms with Crippen LogP contribution in [0.15, 0.2) is 49.0 Å². The molecule has 0 aliphatic heterocycles. The normalized spacial score (nSPS) is 10.4. The maximum absolute atomic E-state index is 4.05. The fraction of sp³-hybridized carbons (Fsp3) is 0.143. The number of fused-ring (bicyclic) bond motifs is 1. The van der Waals surface area contributed by atoms with E-state index in [0.717, 1.165) is 6.42 Å². The standard InChI is InChI=1S/C14H14/c1-3-11(2)13-9-8-12-6-4-5-7-14(12)10-13/h4-10H,2-3H2,1H3. The fourth-order valence-electron chi connectivity index (χ4n) is 1.61. The van der Waals surface area contributed by atoms with Gasteiger partial charge in [-0.2, -0.15) is 0 Å². The summed E-state index contributed by atoms with van der Waals surface area (Å²) in [7, 11) is 0. The van der Waals surface area contributed by atoms with Crippen molar-refractivity contribution in [2.45, 2.75) is 13.3 Å². The third-order valence-electron chi connectivity index (χ3n) is 2.58. The molecular formula is C14H14. The third-order valence-corrected chi connectivity index (χ3v) is 2.58. The average molecular weight is 182 g/mol. The van der Waals surface area contributed by atoms with Gasteiger partial charge in [0.15, 0.2) is 0 Å². The van der Waals surface area contributed by atoms with Crippen LogP contribution in [0.1, 0.15) is 18.9 Å². The van der Waals surface area contributed by atoms with E-state index < -0.39 is 0 Å². The van der Waals surface area contributed by atoms with Crippen LogP contribution in [0.3, 0.4) is 0 Å².